The number of nitrogens with one attached hydrogen (secondary N) is 1. The zero-order valence-electron chi connectivity index (χ0n) is 14.4. The second-order valence-electron chi connectivity index (χ2n) is 5.49. The fraction of sp³-hybridized carbons (Fsp3) is 0.222. The van der Waals surface area contributed by atoms with Crippen molar-refractivity contribution in [2.24, 2.45) is 0 Å². The summed E-state index contributed by atoms with van der Waals surface area (Å²) < 4.78 is 10.4. The van der Waals surface area contributed by atoms with E-state index in [0.717, 1.165) is 11.6 Å². The van der Waals surface area contributed by atoms with Gasteiger partial charge < -0.3 is 14.8 Å². The van der Waals surface area contributed by atoms with Crippen LogP contribution in [0, 0.1) is 17.0 Å². The molecule has 2 aromatic rings. The van der Waals surface area contributed by atoms with Gasteiger partial charge in [-0.15, -0.1) is 0 Å². The Hall–Kier alpha value is -3.13. The predicted octanol–water partition coefficient (Wildman–Crippen LogP) is 2.91. The molecule has 1 N–H and O–H groups in total. The van der Waals surface area contributed by atoms with E-state index in [4.69, 9.17) is 21.1 Å². The first-order valence-electron chi connectivity index (χ1n) is 7.94. The number of carbonyl (C=O) groups is 2. The Morgan fingerprint density at radius 2 is 1.96 bits per heavy atom. The van der Waals surface area contributed by atoms with Crippen molar-refractivity contribution >= 4 is 29.2 Å². The van der Waals surface area contributed by atoms with Gasteiger partial charge >= 0.3 is 5.97 Å². The van der Waals surface area contributed by atoms with E-state index in [-0.39, 0.29) is 36.0 Å². The lowest BCUT2D eigenvalue weighted by molar-refractivity contribution is -0.384. The SMILES string of the molecule is Cc1cccc(OCCOC(=O)CNC(=O)c2ccc(Cl)c([N+](=O)[O-])c2)c1. The van der Waals surface area contributed by atoms with Crippen LogP contribution in [0.2, 0.25) is 5.02 Å². The van der Waals surface area contributed by atoms with Gasteiger partial charge in [0.05, 0.1) is 4.92 Å². The molecule has 0 heterocycles. The molecular weight excluding hydrogens is 376 g/mol. The molecule has 0 aromatic heterocycles. The number of nitro groups is 1. The molecule has 0 aliphatic rings. The molecule has 2 aromatic carbocycles. The normalized spacial score (nSPS) is 10.1. The third-order valence-corrected chi connectivity index (χ3v) is 3.72. The summed E-state index contributed by atoms with van der Waals surface area (Å²) in [4.78, 5) is 33.8. The van der Waals surface area contributed by atoms with Gasteiger partial charge in [-0.25, -0.2) is 0 Å². The maximum atomic E-state index is 12.0. The molecule has 0 unspecified atom stereocenters. The number of esters is 1. The van der Waals surface area contributed by atoms with Gasteiger partial charge in [0.2, 0.25) is 0 Å². The summed E-state index contributed by atoms with van der Waals surface area (Å²) in [5, 5.41) is 13.1. The van der Waals surface area contributed by atoms with Crippen molar-refractivity contribution in [2.75, 3.05) is 19.8 Å². The topological polar surface area (TPSA) is 108 Å². The number of benzene rings is 2. The van der Waals surface area contributed by atoms with Crippen LogP contribution in [0.25, 0.3) is 0 Å². The number of aryl methyl sites for hydroxylation is 1. The van der Waals surface area contributed by atoms with E-state index in [1.807, 2.05) is 25.1 Å². The molecular formula is C18H17ClN2O6. The van der Waals surface area contributed by atoms with Crippen molar-refractivity contribution in [2.45, 2.75) is 6.92 Å². The fourth-order valence-corrected chi connectivity index (χ4v) is 2.31. The Kier molecular flexibility index (Phi) is 7.13. The van der Waals surface area contributed by atoms with Crippen LogP contribution in [-0.4, -0.2) is 36.6 Å². The third-order valence-electron chi connectivity index (χ3n) is 3.40. The molecule has 0 atom stereocenters. The molecule has 0 spiro atoms. The first-order chi connectivity index (χ1) is 12.9. The van der Waals surface area contributed by atoms with Gasteiger partial charge in [-0.2, -0.15) is 0 Å². The largest absolute Gasteiger partial charge is 0.490 e. The van der Waals surface area contributed by atoms with Gasteiger partial charge in [-0.05, 0) is 36.8 Å². The Morgan fingerprint density at radius 3 is 2.67 bits per heavy atom. The summed E-state index contributed by atoms with van der Waals surface area (Å²) in [6.07, 6.45) is 0. The lowest BCUT2D eigenvalue weighted by atomic mass is 10.2. The molecule has 9 heteroatoms. The third kappa shape index (κ3) is 6.27. The second-order valence-corrected chi connectivity index (χ2v) is 5.90. The van der Waals surface area contributed by atoms with Crippen LogP contribution in [0.1, 0.15) is 15.9 Å². The van der Waals surface area contributed by atoms with Gasteiger partial charge in [-0.3, -0.25) is 19.7 Å². The van der Waals surface area contributed by atoms with Gasteiger partial charge in [0.15, 0.2) is 0 Å². The smallest absolute Gasteiger partial charge is 0.325 e. The summed E-state index contributed by atoms with van der Waals surface area (Å²) in [6, 6.07) is 11.0. The number of carbonyl (C=O) groups excluding carboxylic acids is 2. The second kappa shape index (κ2) is 9.54. The van der Waals surface area contributed by atoms with E-state index in [9.17, 15) is 19.7 Å². The summed E-state index contributed by atoms with van der Waals surface area (Å²) in [5.41, 5.74) is 0.677. The number of hydrogen-bond acceptors (Lipinski definition) is 6. The van der Waals surface area contributed by atoms with Crippen molar-refractivity contribution in [3.8, 4) is 5.75 Å². The molecule has 0 radical (unpaired) electrons. The van der Waals surface area contributed by atoms with Crippen LogP contribution in [-0.2, 0) is 9.53 Å². The standard InChI is InChI=1S/C18H17ClN2O6/c1-12-3-2-4-14(9-12)26-7-8-27-17(22)11-20-18(23)13-5-6-15(19)16(10-13)21(24)25/h2-6,9-10H,7-8,11H2,1H3,(H,20,23). The highest BCUT2D eigenvalue weighted by molar-refractivity contribution is 6.32. The van der Waals surface area contributed by atoms with Crippen LogP contribution in [0.3, 0.4) is 0 Å². The maximum absolute atomic E-state index is 12.0. The minimum Gasteiger partial charge on any atom is -0.490 e. The van der Waals surface area contributed by atoms with Gasteiger partial charge in [0, 0.05) is 11.6 Å². The number of rotatable bonds is 8. The van der Waals surface area contributed by atoms with Gasteiger partial charge in [0.25, 0.3) is 11.6 Å². The zero-order valence-corrected chi connectivity index (χ0v) is 15.2. The molecule has 27 heavy (non-hydrogen) atoms. The van der Waals surface area contributed by atoms with Crippen LogP contribution in [0.4, 0.5) is 5.69 Å². The lowest BCUT2D eigenvalue weighted by Crippen LogP contribution is -2.31. The Morgan fingerprint density at radius 1 is 1.19 bits per heavy atom. The minimum atomic E-state index is -0.693. The monoisotopic (exact) mass is 392 g/mol. The zero-order chi connectivity index (χ0) is 19.8. The Balaban J connectivity index is 1.74. The van der Waals surface area contributed by atoms with Crippen LogP contribution < -0.4 is 10.1 Å². The molecule has 0 aliphatic carbocycles. The van der Waals surface area contributed by atoms with Crippen molar-refractivity contribution in [3.05, 3.63) is 68.7 Å². The molecule has 0 saturated carbocycles. The molecule has 0 aliphatic heterocycles. The quantitative estimate of drug-likeness (QED) is 0.320. The molecule has 142 valence electrons. The Labute approximate surface area is 160 Å². The van der Waals surface area contributed by atoms with E-state index in [1.54, 1.807) is 6.07 Å². The predicted molar refractivity (Wildman–Crippen MR) is 98.1 cm³/mol. The van der Waals surface area contributed by atoms with Gasteiger partial charge in [0.1, 0.15) is 30.5 Å². The van der Waals surface area contributed by atoms with Crippen LogP contribution >= 0.6 is 11.6 Å². The van der Waals surface area contributed by atoms with Crippen molar-refractivity contribution in [1.29, 1.82) is 0 Å². The molecule has 2 rings (SSSR count). The van der Waals surface area contributed by atoms with Crippen molar-refractivity contribution < 1.29 is 24.0 Å². The average Bonchev–Trinajstić information content (AvgIpc) is 2.63. The molecule has 0 fully saturated rings. The summed E-state index contributed by atoms with van der Waals surface area (Å²) in [6.45, 7) is 1.76. The maximum Gasteiger partial charge on any atom is 0.325 e. The summed E-state index contributed by atoms with van der Waals surface area (Å²) >= 11 is 5.69. The lowest BCUT2D eigenvalue weighted by Gasteiger charge is -2.09. The summed E-state index contributed by atoms with van der Waals surface area (Å²) in [5.74, 6) is -0.633. The number of amides is 1. The Bertz CT molecular complexity index is 855. The minimum absolute atomic E-state index is 0.0154. The van der Waals surface area contributed by atoms with Crippen LogP contribution in [0.15, 0.2) is 42.5 Å². The fourth-order valence-electron chi connectivity index (χ4n) is 2.12. The van der Waals surface area contributed by atoms with Crippen molar-refractivity contribution in [1.82, 2.24) is 5.32 Å². The number of ether oxygens (including phenoxy) is 2. The number of hydrogen-bond donors (Lipinski definition) is 1. The van der Waals surface area contributed by atoms with Crippen LogP contribution in [0.5, 0.6) is 5.75 Å². The van der Waals surface area contributed by atoms with E-state index in [2.05, 4.69) is 5.32 Å². The highest BCUT2D eigenvalue weighted by Crippen LogP contribution is 2.24. The number of nitro benzene ring substituents is 1. The first kappa shape index (κ1) is 20.2. The van der Waals surface area contributed by atoms with E-state index in [1.165, 1.54) is 12.1 Å². The average molecular weight is 393 g/mol. The number of nitrogens with zero attached hydrogens (tertiary/aromatic N) is 1. The highest BCUT2D eigenvalue weighted by atomic mass is 35.5. The first-order valence-corrected chi connectivity index (χ1v) is 8.32. The molecule has 8 nitrogen and oxygen atoms in total. The highest BCUT2D eigenvalue weighted by Gasteiger charge is 2.16. The van der Waals surface area contributed by atoms with E-state index in [0.29, 0.717) is 5.75 Å². The van der Waals surface area contributed by atoms with Crippen molar-refractivity contribution in [3.63, 3.8) is 0 Å². The molecule has 1 amide bonds. The molecule has 0 bridgehead atoms. The van der Waals surface area contributed by atoms with E-state index < -0.39 is 16.8 Å². The van der Waals surface area contributed by atoms with Gasteiger partial charge in [-0.1, -0.05) is 23.7 Å². The number of halogens is 1. The summed E-state index contributed by atoms with van der Waals surface area (Å²) in [7, 11) is 0. The van der Waals surface area contributed by atoms with E-state index >= 15 is 0 Å². The molecule has 0 saturated heterocycles.